The van der Waals surface area contributed by atoms with Gasteiger partial charge >= 0.3 is 0 Å². The lowest BCUT2D eigenvalue weighted by atomic mass is 10.1. The van der Waals surface area contributed by atoms with E-state index in [4.69, 9.17) is 4.74 Å². The Morgan fingerprint density at radius 1 is 1.42 bits per heavy atom. The van der Waals surface area contributed by atoms with Gasteiger partial charge in [-0.2, -0.15) is 5.10 Å². The van der Waals surface area contributed by atoms with E-state index in [2.05, 4.69) is 20.1 Å². The predicted octanol–water partition coefficient (Wildman–Crippen LogP) is 1.52. The van der Waals surface area contributed by atoms with E-state index in [1.165, 1.54) is 12.3 Å². The Kier molecular flexibility index (Phi) is 3.52. The molecule has 1 saturated heterocycles. The molecule has 0 aromatic carbocycles. The van der Waals surface area contributed by atoms with Crippen LogP contribution in [0.1, 0.15) is 17.4 Å². The summed E-state index contributed by atoms with van der Waals surface area (Å²) < 4.78 is 18.4. The van der Waals surface area contributed by atoms with E-state index in [1.54, 1.807) is 12.3 Å². The van der Waals surface area contributed by atoms with Gasteiger partial charge in [0, 0.05) is 19.3 Å². The summed E-state index contributed by atoms with van der Waals surface area (Å²) in [6.07, 6.45) is 2.99. The third-order valence-electron chi connectivity index (χ3n) is 3.27. The van der Waals surface area contributed by atoms with Gasteiger partial charge in [-0.05, 0) is 18.2 Å². The van der Waals surface area contributed by atoms with Crippen LogP contribution in [0.2, 0.25) is 0 Å². The highest BCUT2D eigenvalue weighted by atomic mass is 19.1. The van der Waals surface area contributed by atoms with Gasteiger partial charge in [-0.15, -0.1) is 0 Å². The summed E-state index contributed by atoms with van der Waals surface area (Å²) in [6, 6.07) is 5.25. The normalized spacial score (nSPS) is 20.6. The molecule has 0 bridgehead atoms. The second-order valence-corrected chi connectivity index (χ2v) is 4.54. The Hall–Kier alpha value is -1.79. The molecule has 1 atom stereocenters. The van der Waals surface area contributed by atoms with Crippen molar-refractivity contribution in [3.8, 4) is 0 Å². The number of nitrogens with one attached hydrogen (secondary N) is 1. The lowest BCUT2D eigenvalue weighted by Crippen LogP contribution is -2.39. The monoisotopic (exact) mass is 262 g/mol. The average molecular weight is 262 g/mol. The van der Waals surface area contributed by atoms with Crippen LogP contribution in [0.3, 0.4) is 0 Å². The minimum atomic E-state index is -0.309. The number of rotatable bonds is 3. The molecule has 0 amide bonds. The summed E-state index contributed by atoms with van der Waals surface area (Å²) >= 11 is 0. The van der Waals surface area contributed by atoms with Gasteiger partial charge in [-0.1, -0.05) is 0 Å². The van der Waals surface area contributed by atoms with Gasteiger partial charge in [0.15, 0.2) is 0 Å². The molecule has 1 aliphatic heterocycles. The van der Waals surface area contributed by atoms with E-state index in [0.29, 0.717) is 19.8 Å². The quantitative estimate of drug-likeness (QED) is 0.911. The molecular formula is C13H15FN4O. The van der Waals surface area contributed by atoms with Crippen LogP contribution in [0.5, 0.6) is 0 Å². The van der Waals surface area contributed by atoms with Gasteiger partial charge in [0.05, 0.1) is 36.8 Å². The lowest BCUT2D eigenvalue weighted by Gasteiger charge is -2.34. The molecule has 5 nitrogen and oxygen atoms in total. The number of hydrogen-bond acceptors (Lipinski definition) is 4. The topological polar surface area (TPSA) is 54.0 Å². The van der Waals surface area contributed by atoms with E-state index >= 15 is 0 Å². The zero-order valence-corrected chi connectivity index (χ0v) is 10.4. The molecule has 19 heavy (non-hydrogen) atoms. The molecule has 1 fully saturated rings. The van der Waals surface area contributed by atoms with Gasteiger partial charge in [-0.3, -0.25) is 15.0 Å². The first-order valence-electron chi connectivity index (χ1n) is 6.24. The molecule has 2 aromatic heterocycles. The number of H-pyrrole nitrogens is 1. The van der Waals surface area contributed by atoms with Crippen LogP contribution in [0.15, 0.2) is 30.6 Å². The zero-order chi connectivity index (χ0) is 13.1. The first-order chi connectivity index (χ1) is 9.33. The maximum atomic E-state index is 12.9. The Balaban J connectivity index is 1.75. The van der Waals surface area contributed by atoms with Crippen LogP contribution in [0.4, 0.5) is 4.39 Å². The minimum absolute atomic E-state index is 0.142. The first-order valence-corrected chi connectivity index (χ1v) is 6.24. The first kappa shape index (κ1) is 12.3. The average Bonchev–Trinajstić information content (AvgIpc) is 2.96. The minimum Gasteiger partial charge on any atom is -0.378 e. The number of aromatic nitrogens is 3. The number of halogens is 1. The Labute approximate surface area is 110 Å². The largest absolute Gasteiger partial charge is 0.378 e. The molecule has 0 spiro atoms. The smallest absolute Gasteiger partial charge is 0.141 e. The van der Waals surface area contributed by atoms with Crippen LogP contribution in [-0.2, 0) is 11.3 Å². The van der Waals surface area contributed by atoms with Gasteiger partial charge in [0.25, 0.3) is 0 Å². The molecule has 0 saturated carbocycles. The van der Waals surface area contributed by atoms with Crippen molar-refractivity contribution in [2.45, 2.75) is 12.6 Å². The second kappa shape index (κ2) is 5.46. The van der Waals surface area contributed by atoms with Crippen LogP contribution in [0, 0.1) is 5.82 Å². The summed E-state index contributed by atoms with van der Waals surface area (Å²) in [5.41, 5.74) is 1.88. The van der Waals surface area contributed by atoms with Gasteiger partial charge in [0.1, 0.15) is 5.82 Å². The summed E-state index contributed by atoms with van der Waals surface area (Å²) in [4.78, 5) is 6.37. The standard InChI is InChI=1S/C13H15FN4O/c14-10-1-2-11(15-7-10)8-18-5-6-19-9-13(18)12-3-4-16-17-12/h1-4,7,13H,5-6,8-9H2,(H,16,17). The molecule has 0 aliphatic carbocycles. The summed E-state index contributed by atoms with van der Waals surface area (Å²) in [7, 11) is 0. The molecule has 100 valence electrons. The molecule has 0 radical (unpaired) electrons. The number of hydrogen-bond donors (Lipinski definition) is 1. The summed E-state index contributed by atoms with van der Waals surface area (Å²) in [5.74, 6) is -0.309. The van der Waals surface area contributed by atoms with Crippen molar-refractivity contribution in [2.75, 3.05) is 19.8 Å². The maximum Gasteiger partial charge on any atom is 0.141 e. The highest BCUT2D eigenvalue weighted by Gasteiger charge is 2.25. The maximum absolute atomic E-state index is 12.9. The molecule has 1 unspecified atom stereocenters. The molecule has 1 aliphatic rings. The molecule has 2 aromatic rings. The molecule has 3 rings (SSSR count). The Morgan fingerprint density at radius 2 is 2.37 bits per heavy atom. The van der Waals surface area contributed by atoms with Crippen molar-refractivity contribution in [3.63, 3.8) is 0 Å². The lowest BCUT2D eigenvalue weighted by molar-refractivity contribution is -0.0148. The van der Waals surface area contributed by atoms with Crippen LogP contribution in [0.25, 0.3) is 0 Å². The van der Waals surface area contributed by atoms with E-state index in [0.717, 1.165) is 17.9 Å². The van der Waals surface area contributed by atoms with Crippen LogP contribution < -0.4 is 0 Å². The second-order valence-electron chi connectivity index (χ2n) is 4.54. The predicted molar refractivity (Wildman–Crippen MR) is 66.8 cm³/mol. The number of morpholine rings is 1. The fraction of sp³-hybridized carbons (Fsp3) is 0.385. The molecule has 6 heteroatoms. The third-order valence-corrected chi connectivity index (χ3v) is 3.27. The number of aromatic amines is 1. The van der Waals surface area contributed by atoms with Gasteiger partial charge in [-0.25, -0.2) is 4.39 Å². The van der Waals surface area contributed by atoms with E-state index in [-0.39, 0.29) is 11.9 Å². The van der Waals surface area contributed by atoms with Crippen molar-refractivity contribution in [2.24, 2.45) is 0 Å². The zero-order valence-electron chi connectivity index (χ0n) is 10.4. The molecule has 1 N–H and O–H groups in total. The highest BCUT2D eigenvalue weighted by molar-refractivity contribution is 5.09. The van der Waals surface area contributed by atoms with E-state index in [9.17, 15) is 4.39 Å². The SMILES string of the molecule is Fc1ccc(CN2CCOCC2c2ccn[nH]2)nc1. The van der Waals surface area contributed by atoms with Crippen molar-refractivity contribution >= 4 is 0 Å². The number of pyridine rings is 1. The highest BCUT2D eigenvalue weighted by Crippen LogP contribution is 2.23. The van der Waals surface area contributed by atoms with E-state index < -0.39 is 0 Å². The molecule has 3 heterocycles. The van der Waals surface area contributed by atoms with Crippen LogP contribution in [-0.4, -0.2) is 39.8 Å². The fourth-order valence-electron chi connectivity index (χ4n) is 2.27. The van der Waals surface area contributed by atoms with Crippen molar-refractivity contribution in [1.82, 2.24) is 20.1 Å². The van der Waals surface area contributed by atoms with Crippen molar-refractivity contribution in [1.29, 1.82) is 0 Å². The van der Waals surface area contributed by atoms with Crippen molar-refractivity contribution < 1.29 is 9.13 Å². The number of nitrogens with zero attached hydrogens (tertiary/aromatic N) is 3. The van der Waals surface area contributed by atoms with Gasteiger partial charge < -0.3 is 4.74 Å². The third kappa shape index (κ3) is 2.80. The Morgan fingerprint density at radius 3 is 3.11 bits per heavy atom. The van der Waals surface area contributed by atoms with Crippen LogP contribution >= 0.6 is 0 Å². The van der Waals surface area contributed by atoms with E-state index in [1.807, 2.05) is 6.07 Å². The fourth-order valence-corrected chi connectivity index (χ4v) is 2.27. The van der Waals surface area contributed by atoms with Crippen molar-refractivity contribution in [3.05, 3.63) is 47.8 Å². The number of ether oxygens (including phenoxy) is 1. The summed E-state index contributed by atoms with van der Waals surface area (Å²) in [5, 5.41) is 6.96. The van der Waals surface area contributed by atoms with Gasteiger partial charge in [0.2, 0.25) is 0 Å². The Bertz CT molecular complexity index is 514. The molecular weight excluding hydrogens is 247 g/mol. The summed E-state index contributed by atoms with van der Waals surface area (Å²) in [6.45, 7) is 2.82.